The number of rotatable bonds is 14. The van der Waals surface area contributed by atoms with Crippen molar-refractivity contribution in [3.05, 3.63) is 48.6 Å². The highest BCUT2D eigenvalue weighted by Gasteiger charge is 2.50. The number of hydrogen-bond acceptors (Lipinski definition) is 11. The van der Waals surface area contributed by atoms with E-state index in [0.29, 0.717) is 57.1 Å². The SMILES string of the molecule is CCC1CC(=O)CC1c1nnc2cnc3c(ccn3COCC[Si](C)(C)C)n12.CCC1CC2(CC1c1nnc3cnc4c(ccn4COCC[Si](C)(C)C)n13)OCCO2. The van der Waals surface area contributed by atoms with Gasteiger partial charge in [-0.3, -0.25) is 13.6 Å². The van der Waals surface area contributed by atoms with Crippen molar-refractivity contribution in [3.63, 3.8) is 0 Å². The van der Waals surface area contributed by atoms with E-state index in [9.17, 15) is 4.79 Å². The molecule has 3 aliphatic rings. The first-order valence-corrected chi connectivity index (χ1v) is 29.0. The van der Waals surface area contributed by atoms with E-state index < -0.39 is 21.9 Å². The highest BCUT2D eigenvalue weighted by Crippen LogP contribution is 2.50. The van der Waals surface area contributed by atoms with E-state index in [1.807, 2.05) is 29.2 Å². The van der Waals surface area contributed by atoms with Gasteiger partial charge in [0.25, 0.3) is 0 Å². The molecule has 17 heteroatoms. The predicted molar refractivity (Wildman–Crippen MR) is 232 cm³/mol. The van der Waals surface area contributed by atoms with Gasteiger partial charge in [0.1, 0.15) is 30.9 Å². The molecule has 7 heterocycles. The van der Waals surface area contributed by atoms with Crippen LogP contribution in [0, 0.1) is 11.8 Å². The van der Waals surface area contributed by atoms with Crippen LogP contribution in [0.3, 0.4) is 0 Å². The molecule has 6 aromatic heterocycles. The fourth-order valence-electron chi connectivity index (χ4n) is 9.07. The van der Waals surface area contributed by atoms with Gasteiger partial charge in [-0.05, 0) is 36.1 Å². The second-order valence-corrected chi connectivity index (χ2v) is 30.5. The van der Waals surface area contributed by atoms with Crippen LogP contribution in [0.2, 0.25) is 51.4 Å². The van der Waals surface area contributed by atoms with Gasteiger partial charge in [0.2, 0.25) is 0 Å². The van der Waals surface area contributed by atoms with Crippen LogP contribution in [0.4, 0.5) is 0 Å². The van der Waals surface area contributed by atoms with Crippen molar-refractivity contribution in [1.82, 2.24) is 48.3 Å². The third-order valence-corrected chi connectivity index (χ3v) is 15.9. The van der Waals surface area contributed by atoms with Gasteiger partial charge in [0.05, 0.1) is 36.6 Å². The van der Waals surface area contributed by atoms with Gasteiger partial charge >= 0.3 is 0 Å². The summed E-state index contributed by atoms with van der Waals surface area (Å²) in [5, 5.41) is 17.8. The van der Waals surface area contributed by atoms with Crippen LogP contribution >= 0.6 is 0 Å². The molecule has 9 rings (SSSR count). The molecule has 2 saturated carbocycles. The van der Waals surface area contributed by atoms with Gasteiger partial charge in [-0.1, -0.05) is 66.0 Å². The molecule has 0 radical (unpaired) electrons. The third kappa shape index (κ3) is 8.82. The van der Waals surface area contributed by atoms with Crippen molar-refractivity contribution in [1.29, 1.82) is 0 Å². The van der Waals surface area contributed by atoms with E-state index in [0.717, 1.165) is 96.3 Å². The van der Waals surface area contributed by atoms with Gasteiger partial charge in [-0.15, -0.1) is 20.4 Å². The van der Waals surface area contributed by atoms with Crippen molar-refractivity contribution in [2.45, 2.75) is 135 Å². The topological polar surface area (TPSA) is 150 Å². The second-order valence-electron chi connectivity index (χ2n) is 19.2. The molecular formula is C42H62N10O5Si2. The Hall–Kier alpha value is -3.88. The minimum absolute atomic E-state index is 0.134. The highest BCUT2D eigenvalue weighted by molar-refractivity contribution is 6.76. The molecule has 2 aliphatic carbocycles. The zero-order chi connectivity index (χ0) is 41.5. The molecule has 3 fully saturated rings. The second kappa shape index (κ2) is 16.9. The molecule has 59 heavy (non-hydrogen) atoms. The lowest BCUT2D eigenvalue weighted by molar-refractivity contribution is -0.153. The Kier molecular flexibility index (Phi) is 12.0. The average molecular weight is 843 g/mol. The van der Waals surface area contributed by atoms with Crippen molar-refractivity contribution in [2.24, 2.45) is 11.8 Å². The Morgan fingerprint density at radius 1 is 0.695 bits per heavy atom. The van der Waals surface area contributed by atoms with E-state index in [4.69, 9.17) is 18.9 Å². The highest BCUT2D eigenvalue weighted by atomic mass is 28.3. The maximum absolute atomic E-state index is 12.1. The Bertz CT molecular complexity index is 2400. The van der Waals surface area contributed by atoms with E-state index in [-0.39, 0.29) is 11.8 Å². The van der Waals surface area contributed by atoms with Crippen LogP contribution in [-0.2, 0) is 37.2 Å². The summed E-state index contributed by atoms with van der Waals surface area (Å²) in [5.74, 6) is 2.94. The van der Waals surface area contributed by atoms with Gasteiger partial charge < -0.3 is 28.1 Å². The van der Waals surface area contributed by atoms with E-state index in [2.05, 4.69) is 103 Å². The van der Waals surface area contributed by atoms with Crippen molar-refractivity contribution in [3.8, 4) is 0 Å². The number of carbonyl (C=O) groups excluding carboxylic acids is 1. The number of carbonyl (C=O) groups is 1. The molecule has 1 saturated heterocycles. The Balaban J connectivity index is 0.000000165. The smallest absolute Gasteiger partial charge is 0.179 e. The van der Waals surface area contributed by atoms with Crippen molar-refractivity contribution < 1.29 is 23.7 Å². The molecular weight excluding hydrogens is 781 g/mol. The van der Waals surface area contributed by atoms with Crippen LogP contribution in [0.25, 0.3) is 33.6 Å². The quantitative estimate of drug-likeness (QED) is 0.0778. The van der Waals surface area contributed by atoms with Gasteiger partial charge in [-0.25, -0.2) is 9.97 Å². The molecule has 1 spiro atoms. The molecule has 15 nitrogen and oxygen atoms in total. The monoisotopic (exact) mass is 842 g/mol. The number of ketones is 1. The Morgan fingerprint density at radius 2 is 1.20 bits per heavy atom. The van der Waals surface area contributed by atoms with Gasteiger partial charge in [0, 0.05) is 79.3 Å². The number of aromatic nitrogens is 10. The lowest BCUT2D eigenvalue weighted by Gasteiger charge is -2.21. The van der Waals surface area contributed by atoms with Crippen LogP contribution in [0.5, 0.6) is 0 Å². The molecule has 0 bridgehead atoms. The zero-order valence-corrected chi connectivity index (χ0v) is 38.2. The fraction of sp³-hybridized carbons (Fsp3) is 0.643. The minimum atomic E-state index is -1.10. The first-order valence-electron chi connectivity index (χ1n) is 21.6. The number of fused-ring (bicyclic) bond motifs is 6. The van der Waals surface area contributed by atoms with Crippen molar-refractivity contribution >= 4 is 55.6 Å². The maximum atomic E-state index is 12.1. The van der Waals surface area contributed by atoms with Crippen LogP contribution < -0.4 is 0 Å². The predicted octanol–water partition coefficient (Wildman–Crippen LogP) is 7.90. The lowest BCUT2D eigenvalue weighted by Crippen LogP contribution is -2.26. The average Bonchev–Trinajstić information content (AvgIpc) is 4.05. The number of Topliss-reactive ketones (excluding diaryl/α,β-unsaturated/α-hetero) is 1. The summed E-state index contributed by atoms with van der Waals surface area (Å²) in [6.07, 6.45) is 12.6. The first-order chi connectivity index (χ1) is 28.3. The molecule has 6 aromatic rings. The summed E-state index contributed by atoms with van der Waals surface area (Å²) >= 11 is 0. The Morgan fingerprint density at radius 3 is 1.69 bits per heavy atom. The van der Waals surface area contributed by atoms with E-state index in [1.54, 1.807) is 6.20 Å². The lowest BCUT2D eigenvalue weighted by atomic mass is 9.93. The molecule has 0 aromatic carbocycles. The summed E-state index contributed by atoms with van der Waals surface area (Å²) < 4.78 is 32.3. The van der Waals surface area contributed by atoms with Gasteiger partial charge in [-0.2, -0.15) is 0 Å². The van der Waals surface area contributed by atoms with E-state index in [1.165, 1.54) is 0 Å². The summed E-state index contributed by atoms with van der Waals surface area (Å²) in [5.41, 5.74) is 5.27. The molecule has 318 valence electrons. The maximum Gasteiger partial charge on any atom is 0.179 e. The molecule has 0 N–H and O–H groups in total. The molecule has 4 atom stereocenters. The molecule has 0 amide bonds. The summed E-state index contributed by atoms with van der Waals surface area (Å²) in [6.45, 7) is 22.5. The number of ether oxygens (including phenoxy) is 4. The standard InChI is InChI=1S/C22H33N5O3Si.C20H29N5O2Si/c1-5-16-12-22(29-8-9-30-22)13-17(16)20-25-24-19-14-23-21-18(27(19)20)6-7-26(21)15-28-10-11-31(2,3)4;1-5-14-10-15(26)11-16(14)19-23-22-18-12-21-20-17(25(18)19)6-7-24(20)13-27-8-9-28(2,3)4/h6-7,14,16-17H,5,8-13,15H2,1-4H3;6-7,12,14,16H,5,8-11,13H2,1-4H3. The fourth-order valence-corrected chi connectivity index (χ4v) is 10.6. The van der Waals surface area contributed by atoms with E-state index >= 15 is 0 Å². The summed E-state index contributed by atoms with van der Waals surface area (Å²) in [4.78, 5) is 21.3. The minimum Gasteiger partial charge on any atom is -0.361 e. The summed E-state index contributed by atoms with van der Waals surface area (Å²) in [6, 6.07) is 6.44. The molecule has 4 unspecified atom stereocenters. The van der Waals surface area contributed by atoms with Gasteiger partial charge in [0.15, 0.2) is 28.4 Å². The van der Waals surface area contributed by atoms with Crippen LogP contribution in [0.1, 0.15) is 75.9 Å². The van der Waals surface area contributed by atoms with Crippen LogP contribution in [-0.4, -0.2) is 102 Å². The van der Waals surface area contributed by atoms with Crippen LogP contribution in [0.15, 0.2) is 36.9 Å². The number of nitrogens with zero attached hydrogens (tertiary/aromatic N) is 10. The Labute approximate surface area is 348 Å². The zero-order valence-electron chi connectivity index (χ0n) is 36.2. The number of hydrogen-bond donors (Lipinski definition) is 0. The molecule has 1 aliphatic heterocycles. The van der Waals surface area contributed by atoms with Crippen molar-refractivity contribution in [2.75, 3.05) is 26.4 Å². The third-order valence-electron chi connectivity index (χ3n) is 12.5. The summed E-state index contributed by atoms with van der Waals surface area (Å²) in [7, 11) is -2.19. The normalized spacial score (nSPS) is 22.2. The largest absolute Gasteiger partial charge is 0.361 e. The first kappa shape index (κ1) is 41.8.